The number of carbonyl (C=O) groups excluding carboxylic acids is 1. The molecule has 0 saturated carbocycles. The van der Waals surface area contributed by atoms with Gasteiger partial charge in [0.15, 0.2) is 5.75 Å². The molecule has 1 N–H and O–H groups in total. The van der Waals surface area contributed by atoms with Crippen LogP contribution >= 0.6 is 23.2 Å². The number of amides is 1. The number of nitrogens with zero attached hydrogens (tertiary/aromatic N) is 2. The largest absolute Gasteiger partial charge is 0.490 e. The Balaban J connectivity index is 2.07. The first kappa shape index (κ1) is 19.7. The van der Waals surface area contributed by atoms with E-state index in [1.165, 1.54) is 30.5 Å². The molecule has 1 amide bonds. The summed E-state index contributed by atoms with van der Waals surface area (Å²) in [6.07, 6.45) is 2.18. The van der Waals surface area contributed by atoms with E-state index in [0.29, 0.717) is 28.0 Å². The quantitative estimate of drug-likeness (QED) is 0.425. The first-order valence-electron chi connectivity index (χ1n) is 7.62. The molecular formula is C17H15Cl2N3O4. The molecule has 0 aliphatic carbocycles. The summed E-state index contributed by atoms with van der Waals surface area (Å²) in [5.74, 6) is -0.182. The van der Waals surface area contributed by atoms with Crippen molar-refractivity contribution in [1.82, 2.24) is 5.43 Å². The Bertz CT molecular complexity index is 833. The van der Waals surface area contributed by atoms with Crippen molar-refractivity contribution in [1.29, 1.82) is 0 Å². The molecule has 0 spiro atoms. The number of hydrogen-bond acceptors (Lipinski definition) is 5. The highest BCUT2D eigenvalue weighted by Gasteiger charge is 2.11. The van der Waals surface area contributed by atoms with Gasteiger partial charge in [0.25, 0.3) is 11.6 Å². The number of benzene rings is 2. The number of nitro benzene ring substituents is 1. The Kier molecular flexibility index (Phi) is 6.94. The van der Waals surface area contributed by atoms with E-state index >= 15 is 0 Å². The zero-order valence-electron chi connectivity index (χ0n) is 13.7. The Morgan fingerprint density at radius 3 is 2.62 bits per heavy atom. The molecule has 2 aromatic rings. The summed E-state index contributed by atoms with van der Waals surface area (Å²) in [6.45, 7) is 2.46. The molecule has 0 aliphatic rings. The molecule has 136 valence electrons. The number of carbonyl (C=O) groups is 1. The lowest BCUT2D eigenvalue weighted by Crippen LogP contribution is -2.17. The maximum Gasteiger partial charge on any atom is 0.271 e. The third kappa shape index (κ3) is 5.18. The third-order valence-corrected chi connectivity index (χ3v) is 3.73. The highest BCUT2D eigenvalue weighted by atomic mass is 35.5. The summed E-state index contributed by atoms with van der Waals surface area (Å²) in [6, 6.07) is 8.53. The van der Waals surface area contributed by atoms with Gasteiger partial charge in [0.2, 0.25) is 0 Å². The van der Waals surface area contributed by atoms with Crippen molar-refractivity contribution < 1.29 is 14.5 Å². The lowest BCUT2D eigenvalue weighted by Gasteiger charge is -2.09. The van der Waals surface area contributed by atoms with Crippen molar-refractivity contribution in [2.45, 2.75) is 13.3 Å². The van der Waals surface area contributed by atoms with Gasteiger partial charge in [-0.2, -0.15) is 5.10 Å². The van der Waals surface area contributed by atoms with Crippen LogP contribution in [-0.2, 0) is 0 Å². The summed E-state index contributed by atoms with van der Waals surface area (Å²) in [4.78, 5) is 22.2. The molecule has 0 aromatic heterocycles. The van der Waals surface area contributed by atoms with Gasteiger partial charge in [0.05, 0.1) is 27.8 Å². The van der Waals surface area contributed by atoms with Gasteiger partial charge in [-0.05, 0) is 30.2 Å². The molecule has 2 aromatic carbocycles. The highest BCUT2D eigenvalue weighted by Crippen LogP contribution is 2.33. The van der Waals surface area contributed by atoms with Crippen LogP contribution in [0.2, 0.25) is 10.0 Å². The topological polar surface area (TPSA) is 93.8 Å². The Hall–Kier alpha value is -2.64. The van der Waals surface area contributed by atoms with E-state index < -0.39 is 10.8 Å². The third-order valence-electron chi connectivity index (χ3n) is 3.17. The maximum absolute atomic E-state index is 12.0. The number of nitrogens with one attached hydrogen (secondary N) is 1. The molecule has 26 heavy (non-hydrogen) atoms. The van der Waals surface area contributed by atoms with Gasteiger partial charge in [0, 0.05) is 17.7 Å². The molecule has 0 radical (unpaired) electrons. The molecule has 0 heterocycles. The van der Waals surface area contributed by atoms with E-state index in [9.17, 15) is 14.9 Å². The predicted octanol–water partition coefficient (Wildman–Crippen LogP) is 4.45. The number of halogens is 2. The second-order valence-electron chi connectivity index (χ2n) is 5.17. The zero-order valence-corrected chi connectivity index (χ0v) is 15.3. The second kappa shape index (κ2) is 9.17. The van der Waals surface area contributed by atoms with Crippen LogP contribution in [0.5, 0.6) is 5.75 Å². The molecule has 0 bridgehead atoms. The number of non-ortho nitro benzene ring substituents is 1. The molecule has 0 unspecified atom stereocenters. The number of nitro groups is 1. The van der Waals surface area contributed by atoms with Crippen molar-refractivity contribution in [3.63, 3.8) is 0 Å². The lowest BCUT2D eigenvalue weighted by atomic mass is 10.2. The Morgan fingerprint density at radius 2 is 2.00 bits per heavy atom. The van der Waals surface area contributed by atoms with Crippen LogP contribution in [0.3, 0.4) is 0 Å². The van der Waals surface area contributed by atoms with Crippen molar-refractivity contribution in [2.24, 2.45) is 5.10 Å². The fourth-order valence-electron chi connectivity index (χ4n) is 1.99. The van der Waals surface area contributed by atoms with E-state index in [-0.39, 0.29) is 11.3 Å². The van der Waals surface area contributed by atoms with E-state index in [0.717, 1.165) is 6.42 Å². The minimum atomic E-state index is -0.579. The molecule has 0 atom stereocenters. The summed E-state index contributed by atoms with van der Waals surface area (Å²) in [5, 5.41) is 15.2. The van der Waals surface area contributed by atoms with Crippen LogP contribution < -0.4 is 10.2 Å². The molecule has 0 aliphatic heterocycles. The highest BCUT2D eigenvalue weighted by molar-refractivity contribution is 6.37. The van der Waals surface area contributed by atoms with Gasteiger partial charge in [-0.1, -0.05) is 36.2 Å². The van der Waals surface area contributed by atoms with Crippen LogP contribution in [0, 0.1) is 10.1 Å². The fourth-order valence-corrected chi connectivity index (χ4v) is 2.60. The van der Waals surface area contributed by atoms with Gasteiger partial charge < -0.3 is 4.74 Å². The second-order valence-corrected chi connectivity index (χ2v) is 5.98. The standard InChI is InChI=1S/C17H15Cl2N3O4/c1-2-6-26-16-14(18)7-11(8-15(16)19)10-20-21-17(23)12-4-3-5-13(9-12)22(24)25/h3-5,7-10H,2,6H2,1H3,(H,21,23)/b20-10+. The SMILES string of the molecule is CCCOc1c(Cl)cc(/C=N/NC(=O)c2cccc([N+](=O)[O-])c2)cc1Cl. The lowest BCUT2D eigenvalue weighted by molar-refractivity contribution is -0.384. The number of hydrogen-bond donors (Lipinski definition) is 1. The van der Waals surface area contributed by atoms with Crippen LogP contribution in [0.1, 0.15) is 29.3 Å². The molecule has 0 saturated heterocycles. The Labute approximate surface area is 159 Å². The van der Waals surface area contributed by atoms with E-state index in [1.54, 1.807) is 12.1 Å². The monoisotopic (exact) mass is 395 g/mol. The first-order valence-corrected chi connectivity index (χ1v) is 8.37. The van der Waals surface area contributed by atoms with Gasteiger partial charge >= 0.3 is 0 Å². The van der Waals surface area contributed by atoms with Gasteiger partial charge in [0.1, 0.15) is 0 Å². The van der Waals surface area contributed by atoms with Crippen LogP contribution in [-0.4, -0.2) is 23.7 Å². The number of hydrazone groups is 1. The van der Waals surface area contributed by atoms with Crippen molar-refractivity contribution in [3.8, 4) is 5.75 Å². The summed E-state index contributed by atoms with van der Waals surface area (Å²) in [7, 11) is 0. The van der Waals surface area contributed by atoms with Crippen molar-refractivity contribution in [2.75, 3.05) is 6.61 Å². The van der Waals surface area contributed by atoms with E-state index in [2.05, 4.69) is 10.5 Å². The van der Waals surface area contributed by atoms with Gasteiger partial charge in [-0.15, -0.1) is 0 Å². The molecule has 9 heteroatoms. The van der Waals surface area contributed by atoms with Crippen molar-refractivity contribution in [3.05, 3.63) is 67.7 Å². The molecule has 7 nitrogen and oxygen atoms in total. The fraction of sp³-hybridized carbons (Fsp3) is 0.176. The van der Waals surface area contributed by atoms with Crippen LogP contribution in [0.25, 0.3) is 0 Å². The number of rotatable bonds is 7. The maximum atomic E-state index is 12.0. The van der Waals surface area contributed by atoms with Gasteiger partial charge in [-0.25, -0.2) is 5.43 Å². The zero-order chi connectivity index (χ0) is 19.1. The summed E-state index contributed by atoms with van der Waals surface area (Å²) in [5.41, 5.74) is 2.79. The smallest absolute Gasteiger partial charge is 0.271 e. The predicted molar refractivity (Wildman–Crippen MR) is 100 cm³/mol. The van der Waals surface area contributed by atoms with Crippen LogP contribution in [0.4, 0.5) is 5.69 Å². The van der Waals surface area contributed by atoms with E-state index in [1.807, 2.05) is 6.92 Å². The molecule has 2 rings (SSSR count). The first-order chi connectivity index (χ1) is 12.4. The normalized spacial score (nSPS) is 10.7. The van der Waals surface area contributed by atoms with E-state index in [4.69, 9.17) is 27.9 Å². The minimum absolute atomic E-state index is 0.121. The average molecular weight is 396 g/mol. The molecular weight excluding hydrogens is 381 g/mol. The average Bonchev–Trinajstić information content (AvgIpc) is 2.61. The van der Waals surface area contributed by atoms with Crippen molar-refractivity contribution >= 4 is 41.0 Å². The minimum Gasteiger partial charge on any atom is -0.490 e. The van der Waals surface area contributed by atoms with Crippen LogP contribution in [0.15, 0.2) is 41.5 Å². The molecule has 0 fully saturated rings. The summed E-state index contributed by atoms with van der Waals surface area (Å²) >= 11 is 12.3. The Morgan fingerprint density at radius 1 is 1.31 bits per heavy atom. The number of ether oxygens (including phenoxy) is 1. The summed E-state index contributed by atoms with van der Waals surface area (Å²) < 4.78 is 5.47. The van der Waals surface area contributed by atoms with Gasteiger partial charge in [-0.3, -0.25) is 14.9 Å².